The van der Waals surface area contributed by atoms with E-state index in [1.54, 1.807) is 0 Å². The molecule has 0 saturated carbocycles. The van der Waals surface area contributed by atoms with Gasteiger partial charge in [-0.2, -0.15) is 0 Å². The molecule has 0 aliphatic heterocycles. The summed E-state index contributed by atoms with van der Waals surface area (Å²) in [7, 11) is -0.319. The van der Waals surface area contributed by atoms with Crippen LogP contribution in [0.1, 0.15) is 53.9 Å². The summed E-state index contributed by atoms with van der Waals surface area (Å²) in [5.41, 5.74) is 0. The average Bonchev–Trinajstić information content (AvgIpc) is 2.36. The monoisotopic (exact) mass is 314 g/mol. The third-order valence-corrected chi connectivity index (χ3v) is 8.85. The van der Waals surface area contributed by atoms with E-state index in [1.165, 1.54) is 7.11 Å². The summed E-state index contributed by atoms with van der Waals surface area (Å²) in [6.07, 6.45) is 6.95. The minimum atomic E-state index is -1.77. The van der Waals surface area contributed by atoms with E-state index in [0.717, 1.165) is 19.3 Å². The quantitative estimate of drug-likeness (QED) is 0.362. The van der Waals surface area contributed by atoms with Crippen molar-refractivity contribution in [3.8, 4) is 0 Å². The molecule has 0 aliphatic rings. The number of rotatable bonds is 8. The van der Waals surface area contributed by atoms with Gasteiger partial charge in [0.1, 0.15) is 0 Å². The molecule has 0 fully saturated rings. The Morgan fingerprint density at radius 1 is 1.24 bits per heavy atom. The molecule has 0 radical (unpaired) electrons. The highest BCUT2D eigenvalue weighted by Crippen LogP contribution is 2.37. The fourth-order valence-electron chi connectivity index (χ4n) is 1.84. The van der Waals surface area contributed by atoms with Crippen molar-refractivity contribution < 1.29 is 14.0 Å². The van der Waals surface area contributed by atoms with Crippen LogP contribution in [0.4, 0.5) is 0 Å². The molecule has 4 heteroatoms. The molecule has 0 rings (SSSR count). The Morgan fingerprint density at radius 3 is 2.24 bits per heavy atom. The van der Waals surface area contributed by atoms with Crippen molar-refractivity contribution in [3.63, 3.8) is 0 Å². The number of hydrogen-bond donors (Lipinski definition) is 0. The van der Waals surface area contributed by atoms with Gasteiger partial charge in [0, 0.05) is 0 Å². The Bertz CT molecular complexity index is 342. The molecular weight excluding hydrogens is 280 g/mol. The number of carbonyl (C=O) groups is 1. The Kier molecular flexibility index (Phi) is 8.48. The summed E-state index contributed by atoms with van der Waals surface area (Å²) in [6, 6.07) is 0. The lowest BCUT2D eigenvalue weighted by Crippen LogP contribution is -2.42. The fourth-order valence-corrected chi connectivity index (χ4v) is 3.20. The molecule has 0 bridgehead atoms. The first-order valence-electron chi connectivity index (χ1n) is 7.99. The van der Waals surface area contributed by atoms with Gasteiger partial charge < -0.3 is 9.16 Å². The van der Waals surface area contributed by atoms with Gasteiger partial charge in [-0.15, -0.1) is 0 Å². The van der Waals surface area contributed by atoms with E-state index in [9.17, 15) is 4.79 Å². The maximum Gasteiger partial charge on any atom is 0.312 e. The van der Waals surface area contributed by atoms with Crippen molar-refractivity contribution in [1.29, 1.82) is 0 Å². The minimum Gasteiger partial charge on any atom is -0.469 e. The lowest BCUT2D eigenvalue weighted by atomic mass is 10.0. The smallest absolute Gasteiger partial charge is 0.312 e. The van der Waals surface area contributed by atoms with Crippen LogP contribution in [0.25, 0.3) is 0 Å². The molecule has 0 unspecified atom stereocenters. The Hall–Kier alpha value is -0.613. The number of ether oxygens (including phenoxy) is 1. The van der Waals surface area contributed by atoms with Crippen LogP contribution in [0.5, 0.6) is 0 Å². The normalized spacial score (nSPS) is 16.0. The minimum absolute atomic E-state index is 0.0275. The van der Waals surface area contributed by atoms with E-state index in [0.29, 0.717) is 0 Å². The Balaban J connectivity index is 4.70. The Labute approximate surface area is 132 Å². The standard InChI is InChI=1S/C17H34O3Si/c1-9-10-11-15(16(18)19-6)13-12-14(2)20-21(7,8)17(3,4)5/h12-15H,9-11H2,1-8H3/b13-12+/t14-,15-/m1/s1. The first kappa shape index (κ1) is 20.4. The summed E-state index contributed by atoms with van der Waals surface area (Å²) in [6.45, 7) is 15.3. The molecule has 0 aromatic heterocycles. The van der Waals surface area contributed by atoms with Gasteiger partial charge in [0.2, 0.25) is 0 Å². The second-order valence-corrected chi connectivity index (χ2v) is 12.0. The maximum absolute atomic E-state index is 11.8. The maximum atomic E-state index is 11.8. The van der Waals surface area contributed by atoms with E-state index in [2.05, 4.69) is 40.8 Å². The van der Waals surface area contributed by atoms with Gasteiger partial charge in [-0.25, -0.2) is 0 Å². The van der Waals surface area contributed by atoms with E-state index in [-0.39, 0.29) is 23.0 Å². The fraction of sp³-hybridized carbons (Fsp3) is 0.824. The zero-order valence-electron chi connectivity index (χ0n) is 15.2. The molecule has 0 heterocycles. The summed E-state index contributed by atoms with van der Waals surface area (Å²) in [4.78, 5) is 11.8. The highest BCUT2D eigenvalue weighted by molar-refractivity contribution is 6.74. The van der Waals surface area contributed by atoms with Crippen LogP contribution >= 0.6 is 0 Å². The van der Waals surface area contributed by atoms with Crippen molar-refractivity contribution >= 4 is 14.3 Å². The number of hydrogen-bond acceptors (Lipinski definition) is 3. The summed E-state index contributed by atoms with van der Waals surface area (Å²) < 4.78 is 11.1. The van der Waals surface area contributed by atoms with Crippen LogP contribution < -0.4 is 0 Å². The molecule has 0 N–H and O–H groups in total. The topological polar surface area (TPSA) is 35.5 Å². The number of esters is 1. The lowest BCUT2D eigenvalue weighted by molar-refractivity contribution is -0.143. The molecule has 0 aromatic rings. The SMILES string of the molecule is CCCC[C@H](/C=C/[C@@H](C)O[Si](C)(C)C(C)(C)C)C(=O)OC. The molecule has 0 aromatic carbocycles. The van der Waals surface area contributed by atoms with Crippen LogP contribution in [0, 0.1) is 5.92 Å². The first-order valence-corrected chi connectivity index (χ1v) is 10.9. The molecule has 2 atom stereocenters. The van der Waals surface area contributed by atoms with Gasteiger partial charge in [0.25, 0.3) is 0 Å². The van der Waals surface area contributed by atoms with E-state index in [1.807, 2.05) is 19.1 Å². The van der Waals surface area contributed by atoms with Crippen LogP contribution in [-0.4, -0.2) is 27.5 Å². The van der Waals surface area contributed by atoms with Crippen molar-refractivity contribution in [2.24, 2.45) is 5.92 Å². The number of unbranched alkanes of at least 4 members (excludes halogenated alkanes) is 1. The van der Waals surface area contributed by atoms with E-state index < -0.39 is 8.32 Å². The van der Waals surface area contributed by atoms with Crippen LogP contribution in [0.3, 0.4) is 0 Å². The predicted molar refractivity (Wildman–Crippen MR) is 91.9 cm³/mol. The van der Waals surface area contributed by atoms with Crippen LogP contribution in [0.15, 0.2) is 12.2 Å². The summed E-state index contributed by atoms with van der Waals surface area (Å²) in [5.74, 6) is -0.306. The average molecular weight is 315 g/mol. The lowest BCUT2D eigenvalue weighted by Gasteiger charge is -2.37. The zero-order valence-corrected chi connectivity index (χ0v) is 16.2. The third kappa shape index (κ3) is 7.27. The number of methoxy groups -OCH3 is 1. The molecule has 124 valence electrons. The second kappa shape index (κ2) is 8.74. The molecular formula is C17H34O3Si. The summed E-state index contributed by atoms with van der Waals surface area (Å²) >= 11 is 0. The third-order valence-electron chi connectivity index (χ3n) is 4.27. The van der Waals surface area contributed by atoms with E-state index in [4.69, 9.17) is 9.16 Å². The second-order valence-electron chi connectivity index (χ2n) is 7.24. The highest BCUT2D eigenvalue weighted by Gasteiger charge is 2.38. The Morgan fingerprint density at radius 2 is 1.81 bits per heavy atom. The molecule has 3 nitrogen and oxygen atoms in total. The molecule has 21 heavy (non-hydrogen) atoms. The summed E-state index contributed by atoms with van der Waals surface area (Å²) in [5, 5.41) is 0.194. The molecule has 0 amide bonds. The van der Waals surface area contributed by atoms with Gasteiger partial charge in [0.05, 0.1) is 19.1 Å². The van der Waals surface area contributed by atoms with Gasteiger partial charge in [-0.1, -0.05) is 52.7 Å². The predicted octanol–water partition coefficient (Wildman–Crippen LogP) is 4.93. The van der Waals surface area contributed by atoms with Crippen molar-refractivity contribution in [1.82, 2.24) is 0 Å². The molecule has 0 saturated heterocycles. The van der Waals surface area contributed by atoms with Crippen molar-refractivity contribution in [2.75, 3.05) is 7.11 Å². The van der Waals surface area contributed by atoms with Gasteiger partial charge >= 0.3 is 5.97 Å². The van der Waals surface area contributed by atoms with Crippen LogP contribution in [-0.2, 0) is 14.0 Å². The van der Waals surface area contributed by atoms with E-state index >= 15 is 0 Å². The molecule has 0 aliphatic carbocycles. The highest BCUT2D eigenvalue weighted by atomic mass is 28.4. The van der Waals surface area contributed by atoms with Gasteiger partial charge in [0.15, 0.2) is 8.32 Å². The number of carbonyl (C=O) groups excluding carboxylic acids is 1. The van der Waals surface area contributed by atoms with Crippen LogP contribution in [0.2, 0.25) is 18.1 Å². The molecule has 0 spiro atoms. The van der Waals surface area contributed by atoms with Crippen molar-refractivity contribution in [3.05, 3.63) is 12.2 Å². The largest absolute Gasteiger partial charge is 0.469 e. The van der Waals surface area contributed by atoms with Crippen molar-refractivity contribution in [2.45, 2.75) is 78.1 Å². The van der Waals surface area contributed by atoms with Gasteiger partial charge in [-0.3, -0.25) is 4.79 Å². The van der Waals surface area contributed by atoms with Gasteiger partial charge in [-0.05, 0) is 31.5 Å². The zero-order chi connectivity index (χ0) is 16.7. The first-order chi connectivity index (χ1) is 9.55.